The number of likely N-dealkylation sites (N-methyl/N-ethyl adjacent to an activating group) is 1. The lowest BCUT2D eigenvalue weighted by molar-refractivity contribution is -0.110. The highest BCUT2D eigenvalue weighted by Gasteiger charge is 2.27. The zero-order chi connectivity index (χ0) is 22.7. The molecule has 3 aromatic rings. The molecule has 0 saturated carbocycles. The molecule has 1 aliphatic rings. The fourth-order valence-corrected chi connectivity index (χ4v) is 5.29. The second kappa shape index (κ2) is 9.35. The first-order chi connectivity index (χ1) is 15.4. The number of hydrogen-bond donors (Lipinski definition) is 3. The maximum Gasteiger partial charge on any atom is 0.257 e. The van der Waals surface area contributed by atoms with E-state index in [-0.39, 0.29) is 37.2 Å². The van der Waals surface area contributed by atoms with Gasteiger partial charge in [-0.1, -0.05) is 0 Å². The Kier molecular flexibility index (Phi) is 6.53. The van der Waals surface area contributed by atoms with Crippen molar-refractivity contribution in [1.82, 2.24) is 9.29 Å². The second-order valence-corrected chi connectivity index (χ2v) is 9.93. The van der Waals surface area contributed by atoms with Crippen LogP contribution in [0.25, 0.3) is 15.8 Å². The number of amides is 1. The lowest BCUT2D eigenvalue weighted by Crippen LogP contribution is -2.30. The van der Waals surface area contributed by atoms with E-state index < -0.39 is 10.0 Å². The van der Waals surface area contributed by atoms with Gasteiger partial charge in [-0.2, -0.15) is 4.31 Å². The first-order valence-electron chi connectivity index (χ1n) is 9.81. The normalized spacial score (nSPS) is 14.8. The van der Waals surface area contributed by atoms with Crippen LogP contribution in [0, 0.1) is 0 Å². The summed E-state index contributed by atoms with van der Waals surface area (Å²) in [6.07, 6.45) is 1.62. The summed E-state index contributed by atoms with van der Waals surface area (Å²) < 4.78 is 32.6. The van der Waals surface area contributed by atoms with E-state index in [1.54, 1.807) is 23.8 Å². The van der Waals surface area contributed by atoms with Crippen molar-refractivity contribution in [3.8, 4) is 0 Å². The number of anilines is 2. The number of thiazole rings is 1. The van der Waals surface area contributed by atoms with E-state index in [0.29, 0.717) is 11.3 Å². The summed E-state index contributed by atoms with van der Waals surface area (Å²) in [5.74, 6) is -0.211. The van der Waals surface area contributed by atoms with Gasteiger partial charge in [-0.3, -0.25) is 4.79 Å². The van der Waals surface area contributed by atoms with Gasteiger partial charge in [0.2, 0.25) is 10.0 Å². The monoisotopic (exact) mass is 474 g/mol. The molecule has 9 nitrogen and oxygen atoms in total. The minimum Gasteiger partial charge on any atom is -0.394 e. The number of carbonyl (C=O) groups is 1. The summed E-state index contributed by atoms with van der Waals surface area (Å²) in [5.41, 5.74) is 5.26. The predicted octanol–water partition coefficient (Wildman–Crippen LogP) is 2.33. The van der Waals surface area contributed by atoms with Gasteiger partial charge in [0.1, 0.15) is 0 Å². The predicted molar refractivity (Wildman–Crippen MR) is 124 cm³/mol. The van der Waals surface area contributed by atoms with Gasteiger partial charge in [0.05, 0.1) is 51.7 Å². The summed E-state index contributed by atoms with van der Waals surface area (Å²) in [7, 11) is -2.19. The van der Waals surface area contributed by atoms with Crippen molar-refractivity contribution in [2.45, 2.75) is 4.90 Å². The molecule has 2 aromatic carbocycles. The molecule has 0 spiro atoms. The molecular formula is C21H22N4O5S2. The molecule has 1 amide bonds. The van der Waals surface area contributed by atoms with Gasteiger partial charge < -0.3 is 20.5 Å². The largest absolute Gasteiger partial charge is 0.394 e. The number of nitrogens with one attached hydrogen (secondary N) is 2. The third-order valence-corrected chi connectivity index (χ3v) is 7.72. The molecule has 1 aromatic heterocycles. The molecule has 0 bridgehead atoms. The lowest BCUT2D eigenvalue weighted by Gasteiger charge is -2.17. The third-order valence-electron chi connectivity index (χ3n) is 4.99. The summed E-state index contributed by atoms with van der Waals surface area (Å²) in [4.78, 5) is 16.9. The zero-order valence-corrected chi connectivity index (χ0v) is 18.9. The summed E-state index contributed by atoms with van der Waals surface area (Å²) in [5, 5.41) is 14.7. The molecular weight excluding hydrogens is 452 g/mol. The molecule has 0 fully saturated rings. The second-order valence-electron chi connectivity index (χ2n) is 7.03. The Morgan fingerprint density at radius 1 is 1.22 bits per heavy atom. The molecule has 0 unspecified atom stereocenters. The number of benzene rings is 2. The van der Waals surface area contributed by atoms with Crippen LogP contribution in [0.5, 0.6) is 0 Å². The molecule has 0 aliphatic carbocycles. The Hall–Kier alpha value is -2.83. The molecule has 4 rings (SSSR count). The summed E-state index contributed by atoms with van der Waals surface area (Å²) >= 11 is 1.47. The minimum atomic E-state index is -3.66. The number of fused-ring (bicyclic) bond motifs is 3. The number of ether oxygens (including phenoxy) is 1. The molecule has 2 heterocycles. The first kappa shape index (κ1) is 22.4. The summed E-state index contributed by atoms with van der Waals surface area (Å²) in [6, 6.07) is 10.00. The van der Waals surface area contributed by atoms with Crippen LogP contribution in [0.4, 0.5) is 11.4 Å². The third kappa shape index (κ3) is 4.38. The van der Waals surface area contributed by atoms with E-state index in [1.807, 2.05) is 12.1 Å². The van der Waals surface area contributed by atoms with Crippen molar-refractivity contribution in [2.24, 2.45) is 0 Å². The van der Waals surface area contributed by atoms with E-state index in [1.165, 1.54) is 34.8 Å². The Morgan fingerprint density at radius 3 is 2.75 bits per heavy atom. The highest BCUT2D eigenvalue weighted by molar-refractivity contribution is 7.89. The Morgan fingerprint density at radius 2 is 2.00 bits per heavy atom. The highest BCUT2D eigenvalue weighted by Crippen LogP contribution is 2.39. The van der Waals surface area contributed by atoms with Gasteiger partial charge in [0, 0.05) is 31.0 Å². The number of aromatic nitrogens is 1. The van der Waals surface area contributed by atoms with Gasteiger partial charge in [-0.05, 0) is 36.4 Å². The summed E-state index contributed by atoms with van der Waals surface area (Å²) in [6.45, 7) is 0.430. The standard InChI is InChI=1S/C21H22N4O5S2/c1-25(8-10-30-11-9-26)32(28,29)15-4-2-14(3-5-15)22-12-16-19-17(24-21(16)27)6-7-18-20(19)31-13-23-18/h2-7,12-13,22,26H,8-11H2,1H3,(H,24,27). The van der Waals surface area contributed by atoms with Crippen LogP contribution in [0.1, 0.15) is 5.56 Å². The fraction of sp³-hybridized carbons (Fsp3) is 0.238. The van der Waals surface area contributed by atoms with Crippen molar-refractivity contribution in [3.05, 3.63) is 53.7 Å². The van der Waals surface area contributed by atoms with Crippen LogP contribution >= 0.6 is 11.3 Å². The maximum atomic E-state index is 12.7. The maximum absolute atomic E-state index is 12.7. The SMILES string of the molecule is CN(CCOCCO)S(=O)(=O)c1ccc(NC=C2C(=O)Nc3ccc4ncsc4c32)cc1. The van der Waals surface area contributed by atoms with Gasteiger partial charge in [-0.25, -0.2) is 13.4 Å². The average Bonchev–Trinajstić information content (AvgIpc) is 3.38. The lowest BCUT2D eigenvalue weighted by atomic mass is 10.1. The molecule has 3 N–H and O–H groups in total. The number of sulfonamides is 1. The van der Waals surface area contributed by atoms with Crippen molar-refractivity contribution in [2.75, 3.05) is 44.0 Å². The molecule has 32 heavy (non-hydrogen) atoms. The van der Waals surface area contributed by atoms with Gasteiger partial charge in [-0.15, -0.1) is 11.3 Å². The zero-order valence-electron chi connectivity index (χ0n) is 17.2. The van der Waals surface area contributed by atoms with E-state index in [9.17, 15) is 13.2 Å². The van der Waals surface area contributed by atoms with Crippen molar-refractivity contribution < 1.29 is 23.1 Å². The number of aliphatic hydroxyl groups is 1. The number of rotatable bonds is 9. The van der Waals surface area contributed by atoms with Gasteiger partial charge in [0.15, 0.2) is 0 Å². The molecule has 11 heteroatoms. The Balaban J connectivity index is 1.49. The first-order valence-corrected chi connectivity index (χ1v) is 12.1. The number of hydrogen-bond acceptors (Lipinski definition) is 8. The average molecular weight is 475 g/mol. The molecule has 1 aliphatic heterocycles. The van der Waals surface area contributed by atoms with Crippen molar-refractivity contribution in [1.29, 1.82) is 0 Å². The van der Waals surface area contributed by atoms with Crippen molar-refractivity contribution >= 4 is 54.4 Å². The number of nitrogens with zero attached hydrogens (tertiary/aromatic N) is 2. The molecule has 168 valence electrons. The Labute approximate surface area is 189 Å². The minimum absolute atomic E-state index is 0.108. The Bertz CT molecular complexity index is 1270. The van der Waals surface area contributed by atoms with E-state index in [4.69, 9.17) is 9.84 Å². The van der Waals surface area contributed by atoms with E-state index >= 15 is 0 Å². The van der Waals surface area contributed by atoms with Crippen LogP contribution in [0.3, 0.4) is 0 Å². The van der Waals surface area contributed by atoms with Crippen LogP contribution in [-0.2, 0) is 19.6 Å². The van der Waals surface area contributed by atoms with E-state index in [0.717, 1.165) is 21.5 Å². The van der Waals surface area contributed by atoms with Crippen LogP contribution in [0.15, 0.2) is 53.0 Å². The van der Waals surface area contributed by atoms with Crippen LogP contribution < -0.4 is 10.6 Å². The van der Waals surface area contributed by atoms with Gasteiger partial charge in [0.25, 0.3) is 5.91 Å². The van der Waals surface area contributed by atoms with Crippen LogP contribution in [-0.4, -0.2) is 62.1 Å². The van der Waals surface area contributed by atoms with E-state index in [2.05, 4.69) is 15.6 Å². The fourth-order valence-electron chi connectivity index (χ4n) is 3.28. The highest BCUT2D eigenvalue weighted by atomic mass is 32.2. The topological polar surface area (TPSA) is 121 Å². The van der Waals surface area contributed by atoms with Crippen molar-refractivity contribution in [3.63, 3.8) is 0 Å². The molecule has 0 saturated heterocycles. The number of carbonyl (C=O) groups excluding carboxylic acids is 1. The molecule has 0 radical (unpaired) electrons. The smallest absolute Gasteiger partial charge is 0.257 e. The number of aliphatic hydroxyl groups excluding tert-OH is 1. The van der Waals surface area contributed by atoms with Gasteiger partial charge >= 0.3 is 0 Å². The quantitative estimate of drug-likeness (QED) is 0.321. The van der Waals surface area contributed by atoms with Crippen LogP contribution in [0.2, 0.25) is 0 Å². The molecule has 0 atom stereocenters.